The number of rotatable bonds is 7. The minimum Gasteiger partial charge on any atom is -0.481 e. The summed E-state index contributed by atoms with van der Waals surface area (Å²) < 4.78 is 11.2. The minimum absolute atomic E-state index is 0.0405. The van der Waals surface area contributed by atoms with Gasteiger partial charge >= 0.3 is 0 Å². The molecule has 0 fully saturated rings. The summed E-state index contributed by atoms with van der Waals surface area (Å²) >= 11 is 0. The second-order valence-corrected chi connectivity index (χ2v) is 7.51. The summed E-state index contributed by atoms with van der Waals surface area (Å²) in [6.07, 6.45) is -0.625. The summed E-state index contributed by atoms with van der Waals surface area (Å²) in [6, 6.07) is 15.5. The van der Waals surface area contributed by atoms with Gasteiger partial charge in [-0.05, 0) is 46.8 Å². The average Bonchev–Trinajstić information content (AvgIpc) is 3.16. The fraction of sp³-hybridized carbons (Fsp3) is 0.348. The first kappa shape index (κ1) is 20.6. The first-order valence-corrected chi connectivity index (χ1v) is 9.77. The standard InChI is InChI=1S/C23H27N3O3/c1-15(2)26(23(27)18(5)28-20-12-8-17(4)9-13-20)14-21-24-22(25-29-21)19-10-6-16(3)7-11-19/h6-13,15,18H,14H2,1-5H3. The molecule has 1 amide bonds. The van der Waals surface area contributed by atoms with E-state index in [2.05, 4.69) is 10.1 Å². The molecule has 1 aromatic heterocycles. The molecule has 152 valence electrons. The second kappa shape index (κ2) is 8.90. The molecule has 3 aromatic rings. The van der Waals surface area contributed by atoms with Gasteiger partial charge in [0, 0.05) is 11.6 Å². The van der Waals surface area contributed by atoms with Crippen molar-refractivity contribution in [1.82, 2.24) is 15.0 Å². The van der Waals surface area contributed by atoms with Crippen LogP contribution in [0.15, 0.2) is 53.1 Å². The van der Waals surface area contributed by atoms with E-state index >= 15 is 0 Å². The second-order valence-electron chi connectivity index (χ2n) is 7.51. The van der Waals surface area contributed by atoms with Crippen LogP contribution in [-0.4, -0.2) is 33.1 Å². The van der Waals surface area contributed by atoms with Crippen LogP contribution in [0.3, 0.4) is 0 Å². The lowest BCUT2D eigenvalue weighted by atomic mass is 10.1. The molecule has 29 heavy (non-hydrogen) atoms. The van der Waals surface area contributed by atoms with E-state index in [1.807, 2.05) is 76.2 Å². The number of ether oxygens (including phenoxy) is 1. The van der Waals surface area contributed by atoms with Gasteiger partial charge in [-0.1, -0.05) is 52.7 Å². The van der Waals surface area contributed by atoms with Crippen LogP contribution in [-0.2, 0) is 11.3 Å². The Kier molecular flexibility index (Phi) is 6.32. The van der Waals surface area contributed by atoms with Crippen LogP contribution in [0.25, 0.3) is 11.4 Å². The smallest absolute Gasteiger partial charge is 0.264 e. The highest BCUT2D eigenvalue weighted by Gasteiger charge is 2.26. The molecule has 1 heterocycles. The number of amides is 1. The van der Waals surface area contributed by atoms with Gasteiger partial charge in [-0.25, -0.2) is 0 Å². The summed E-state index contributed by atoms with van der Waals surface area (Å²) in [5.41, 5.74) is 3.18. The highest BCUT2D eigenvalue weighted by atomic mass is 16.5. The Morgan fingerprint density at radius 2 is 1.59 bits per heavy atom. The summed E-state index contributed by atoms with van der Waals surface area (Å²) in [5.74, 6) is 1.44. The zero-order valence-corrected chi connectivity index (χ0v) is 17.5. The molecule has 0 N–H and O–H groups in total. The van der Waals surface area contributed by atoms with Gasteiger partial charge in [0.15, 0.2) is 6.10 Å². The minimum atomic E-state index is -0.625. The van der Waals surface area contributed by atoms with E-state index in [4.69, 9.17) is 9.26 Å². The third kappa shape index (κ3) is 5.22. The first-order chi connectivity index (χ1) is 13.8. The van der Waals surface area contributed by atoms with E-state index in [1.165, 1.54) is 0 Å². The van der Waals surface area contributed by atoms with Crippen molar-refractivity contribution in [2.75, 3.05) is 0 Å². The number of aromatic nitrogens is 2. The molecule has 0 radical (unpaired) electrons. The van der Waals surface area contributed by atoms with Crippen molar-refractivity contribution < 1.29 is 14.1 Å². The van der Waals surface area contributed by atoms with Crippen LogP contribution in [0.1, 0.15) is 37.8 Å². The maximum Gasteiger partial charge on any atom is 0.264 e. The molecule has 1 atom stereocenters. The lowest BCUT2D eigenvalue weighted by molar-refractivity contribution is -0.140. The van der Waals surface area contributed by atoms with Crippen molar-refractivity contribution in [1.29, 1.82) is 0 Å². The Hall–Kier alpha value is -3.15. The molecular formula is C23H27N3O3. The van der Waals surface area contributed by atoms with E-state index in [9.17, 15) is 4.79 Å². The SMILES string of the molecule is Cc1ccc(OC(C)C(=O)N(Cc2nc(-c3ccc(C)cc3)no2)C(C)C)cc1. The molecule has 0 saturated carbocycles. The third-order valence-electron chi connectivity index (χ3n) is 4.67. The number of aryl methyl sites for hydroxylation is 2. The molecule has 3 rings (SSSR count). The summed E-state index contributed by atoms with van der Waals surface area (Å²) in [4.78, 5) is 19.1. The molecule has 1 unspecified atom stereocenters. The van der Waals surface area contributed by atoms with E-state index in [0.717, 1.165) is 16.7 Å². The quantitative estimate of drug-likeness (QED) is 0.589. The van der Waals surface area contributed by atoms with Gasteiger partial charge in [-0.3, -0.25) is 4.79 Å². The Labute approximate surface area is 171 Å². The van der Waals surface area contributed by atoms with Crippen molar-refractivity contribution in [3.63, 3.8) is 0 Å². The Morgan fingerprint density at radius 3 is 2.17 bits per heavy atom. The van der Waals surface area contributed by atoms with Crippen LogP contribution in [0.2, 0.25) is 0 Å². The number of hydrogen-bond donors (Lipinski definition) is 0. The molecule has 0 saturated heterocycles. The topological polar surface area (TPSA) is 68.5 Å². The van der Waals surface area contributed by atoms with Crippen molar-refractivity contribution >= 4 is 5.91 Å². The van der Waals surface area contributed by atoms with E-state index < -0.39 is 6.10 Å². The van der Waals surface area contributed by atoms with Gasteiger partial charge in [0.2, 0.25) is 11.7 Å². The number of carbonyl (C=O) groups is 1. The fourth-order valence-electron chi connectivity index (χ4n) is 2.90. The third-order valence-corrected chi connectivity index (χ3v) is 4.67. The monoisotopic (exact) mass is 393 g/mol. The summed E-state index contributed by atoms with van der Waals surface area (Å²) in [6.45, 7) is 9.92. The van der Waals surface area contributed by atoms with Crippen LogP contribution in [0, 0.1) is 13.8 Å². The highest BCUT2D eigenvalue weighted by molar-refractivity contribution is 5.81. The van der Waals surface area contributed by atoms with Gasteiger partial charge in [-0.15, -0.1) is 0 Å². The number of carbonyl (C=O) groups excluding carboxylic acids is 1. The zero-order valence-electron chi connectivity index (χ0n) is 17.5. The van der Waals surface area contributed by atoms with Crippen LogP contribution in [0.5, 0.6) is 5.75 Å². The van der Waals surface area contributed by atoms with Crippen LogP contribution in [0.4, 0.5) is 0 Å². The van der Waals surface area contributed by atoms with E-state index in [-0.39, 0.29) is 18.5 Å². The molecule has 0 aliphatic carbocycles. The maximum atomic E-state index is 13.0. The molecule has 6 heteroatoms. The lowest BCUT2D eigenvalue weighted by Gasteiger charge is -2.28. The Bertz CT molecular complexity index is 946. The molecule has 6 nitrogen and oxygen atoms in total. The number of benzene rings is 2. The molecule has 0 aliphatic rings. The molecule has 0 aliphatic heterocycles. The van der Waals surface area contributed by atoms with Crippen molar-refractivity contribution in [3.8, 4) is 17.1 Å². The number of nitrogens with zero attached hydrogens (tertiary/aromatic N) is 3. The largest absolute Gasteiger partial charge is 0.481 e. The first-order valence-electron chi connectivity index (χ1n) is 9.77. The normalized spacial score (nSPS) is 12.1. The van der Waals surface area contributed by atoms with Crippen LogP contribution >= 0.6 is 0 Å². The predicted molar refractivity (Wildman–Crippen MR) is 111 cm³/mol. The van der Waals surface area contributed by atoms with E-state index in [0.29, 0.717) is 17.5 Å². The van der Waals surface area contributed by atoms with Gasteiger partial charge < -0.3 is 14.2 Å². The van der Waals surface area contributed by atoms with Crippen LogP contribution < -0.4 is 4.74 Å². The lowest BCUT2D eigenvalue weighted by Crippen LogP contribution is -2.43. The van der Waals surface area contributed by atoms with Crippen molar-refractivity contribution in [2.45, 2.75) is 53.3 Å². The summed E-state index contributed by atoms with van der Waals surface area (Å²) in [5, 5.41) is 4.05. The number of hydrogen-bond acceptors (Lipinski definition) is 5. The Morgan fingerprint density at radius 1 is 1.00 bits per heavy atom. The highest BCUT2D eigenvalue weighted by Crippen LogP contribution is 2.19. The van der Waals surface area contributed by atoms with Crippen molar-refractivity contribution in [3.05, 3.63) is 65.5 Å². The maximum absolute atomic E-state index is 13.0. The Balaban J connectivity index is 1.70. The zero-order chi connectivity index (χ0) is 21.0. The molecule has 2 aromatic carbocycles. The molecule has 0 spiro atoms. The van der Waals surface area contributed by atoms with Gasteiger partial charge in [0.25, 0.3) is 5.91 Å². The van der Waals surface area contributed by atoms with Crippen molar-refractivity contribution in [2.24, 2.45) is 0 Å². The molecular weight excluding hydrogens is 366 g/mol. The van der Waals surface area contributed by atoms with Gasteiger partial charge in [-0.2, -0.15) is 4.98 Å². The van der Waals surface area contributed by atoms with E-state index in [1.54, 1.807) is 11.8 Å². The van der Waals surface area contributed by atoms with Gasteiger partial charge in [0.1, 0.15) is 12.3 Å². The van der Waals surface area contributed by atoms with Gasteiger partial charge in [0.05, 0.1) is 0 Å². The predicted octanol–water partition coefficient (Wildman–Crippen LogP) is 4.56. The summed E-state index contributed by atoms with van der Waals surface area (Å²) in [7, 11) is 0. The molecule has 0 bridgehead atoms. The fourth-order valence-corrected chi connectivity index (χ4v) is 2.90. The average molecular weight is 393 g/mol.